The minimum Gasteiger partial charge on any atom is -0.311 e. The molecule has 176 valence electrons. The Bertz CT molecular complexity index is 1160. The van der Waals surface area contributed by atoms with E-state index in [1.54, 1.807) is 4.90 Å². The molecule has 1 saturated heterocycles. The Morgan fingerprint density at radius 3 is 2.56 bits per heavy atom. The molecule has 0 saturated carbocycles. The first-order chi connectivity index (χ1) is 16.6. The SMILES string of the molecule is Cc1ccc(N(CCC#N)C(=O)CSc2nnc(CN3CCCC3)n2-c2ccccc2)cc1C. The molecule has 0 radical (unpaired) electrons. The topological polar surface area (TPSA) is 78.0 Å². The van der Waals surface area contributed by atoms with Crippen LogP contribution >= 0.6 is 11.8 Å². The molecule has 2 heterocycles. The second-order valence-electron chi connectivity index (χ2n) is 8.56. The van der Waals surface area contributed by atoms with Gasteiger partial charge in [-0.05, 0) is 75.2 Å². The van der Waals surface area contributed by atoms with Crippen molar-refractivity contribution in [2.45, 2.75) is 44.8 Å². The van der Waals surface area contributed by atoms with Gasteiger partial charge in [-0.25, -0.2) is 0 Å². The van der Waals surface area contributed by atoms with Crippen LogP contribution in [0, 0.1) is 25.2 Å². The van der Waals surface area contributed by atoms with Crippen LogP contribution in [-0.4, -0.2) is 51.0 Å². The van der Waals surface area contributed by atoms with Crippen molar-refractivity contribution in [1.82, 2.24) is 19.7 Å². The van der Waals surface area contributed by atoms with Gasteiger partial charge in [0.25, 0.3) is 0 Å². The van der Waals surface area contributed by atoms with Crippen LogP contribution in [0.2, 0.25) is 0 Å². The molecule has 0 spiro atoms. The fourth-order valence-corrected chi connectivity index (χ4v) is 4.98. The Labute approximate surface area is 205 Å². The predicted molar refractivity (Wildman–Crippen MR) is 135 cm³/mol. The van der Waals surface area contributed by atoms with Crippen molar-refractivity contribution in [3.05, 3.63) is 65.5 Å². The molecule has 7 nitrogen and oxygen atoms in total. The van der Waals surface area contributed by atoms with E-state index >= 15 is 0 Å². The van der Waals surface area contributed by atoms with Gasteiger partial charge in [0.2, 0.25) is 5.91 Å². The van der Waals surface area contributed by atoms with E-state index in [0.29, 0.717) is 11.7 Å². The third-order valence-corrected chi connectivity index (χ3v) is 7.07. The largest absolute Gasteiger partial charge is 0.311 e. The quantitative estimate of drug-likeness (QED) is 0.425. The van der Waals surface area contributed by atoms with E-state index in [1.807, 2.05) is 62.4 Å². The molecule has 1 aliphatic heterocycles. The number of anilines is 1. The summed E-state index contributed by atoms with van der Waals surface area (Å²) in [6.45, 7) is 7.34. The van der Waals surface area contributed by atoms with Crippen LogP contribution in [0.5, 0.6) is 0 Å². The number of hydrogen-bond acceptors (Lipinski definition) is 6. The van der Waals surface area contributed by atoms with Crippen LogP contribution in [0.1, 0.15) is 36.2 Å². The first-order valence-electron chi connectivity index (χ1n) is 11.7. The minimum absolute atomic E-state index is 0.0489. The van der Waals surface area contributed by atoms with E-state index in [2.05, 4.69) is 25.7 Å². The van der Waals surface area contributed by atoms with Crippen molar-refractivity contribution in [1.29, 1.82) is 5.26 Å². The molecule has 0 aliphatic carbocycles. The summed E-state index contributed by atoms with van der Waals surface area (Å²) in [6, 6.07) is 18.2. The average Bonchev–Trinajstić information content (AvgIpc) is 3.51. The Hall–Kier alpha value is -3.15. The summed E-state index contributed by atoms with van der Waals surface area (Å²) in [4.78, 5) is 17.4. The maximum Gasteiger partial charge on any atom is 0.237 e. The molecule has 4 rings (SSSR count). The number of aryl methyl sites for hydroxylation is 2. The van der Waals surface area contributed by atoms with Gasteiger partial charge in [0.15, 0.2) is 11.0 Å². The maximum absolute atomic E-state index is 13.3. The van der Waals surface area contributed by atoms with Gasteiger partial charge in [0, 0.05) is 17.9 Å². The molecule has 0 atom stereocenters. The summed E-state index contributed by atoms with van der Waals surface area (Å²) in [7, 11) is 0. The first kappa shape index (κ1) is 24.0. The van der Waals surface area contributed by atoms with Gasteiger partial charge < -0.3 is 4.90 Å². The number of likely N-dealkylation sites (tertiary alicyclic amines) is 1. The van der Waals surface area contributed by atoms with Crippen LogP contribution in [0.4, 0.5) is 5.69 Å². The molecule has 0 unspecified atom stereocenters. The van der Waals surface area contributed by atoms with Crippen molar-refractivity contribution in [2.75, 3.05) is 30.3 Å². The second kappa shape index (κ2) is 11.3. The third kappa shape index (κ3) is 5.66. The number of carbonyl (C=O) groups is 1. The van der Waals surface area contributed by atoms with Crippen molar-refractivity contribution in [3.63, 3.8) is 0 Å². The average molecular weight is 475 g/mol. The highest BCUT2D eigenvalue weighted by Gasteiger charge is 2.22. The Morgan fingerprint density at radius 1 is 1.09 bits per heavy atom. The third-order valence-electron chi connectivity index (χ3n) is 6.15. The Balaban J connectivity index is 1.55. The molecule has 1 aromatic heterocycles. The van der Waals surface area contributed by atoms with Gasteiger partial charge >= 0.3 is 0 Å². The van der Waals surface area contributed by atoms with E-state index in [1.165, 1.54) is 30.2 Å². The van der Waals surface area contributed by atoms with Gasteiger partial charge in [-0.2, -0.15) is 5.26 Å². The maximum atomic E-state index is 13.3. The molecule has 34 heavy (non-hydrogen) atoms. The number of nitrogens with zero attached hydrogens (tertiary/aromatic N) is 6. The molecular formula is C26H30N6OS. The Kier molecular flexibility index (Phi) is 7.99. The smallest absolute Gasteiger partial charge is 0.237 e. The summed E-state index contributed by atoms with van der Waals surface area (Å²) in [5, 5.41) is 18.8. The number of rotatable bonds is 9. The highest BCUT2D eigenvalue weighted by molar-refractivity contribution is 7.99. The second-order valence-corrected chi connectivity index (χ2v) is 9.51. The lowest BCUT2D eigenvalue weighted by Crippen LogP contribution is -2.33. The van der Waals surface area contributed by atoms with E-state index in [9.17, 15) is 4.79 Å². The van der Waals surface area contributed by atoms with E-state index in [-0.39, 0.29) is 18.1 Å². The van der Waals surface area contributed by atoms with Gasteiger partial charge in [0.1, 0.15) is 0 Å². The number of nitriles is 1. The van der Waals surface area contributed by atoms with Crippen molar-refractivity contribution in [2.24, 2.45) is 0 Å². The van der Waals surface area contributed by atoms with E-state index in [0.717, 1.165) is 42.4 Å². The zero-order valence-electron chi connectivity index (χ0n) is 19.8. The van der Waals surface area contributed by atoms with Crippen LogP contribution in [0.3, 0.4) is 0 Å². The summed E-state index contributed by atoms with van der Waals surface area (Å²) in [6.07, 6.45) is 2.71. The van der Waals surface area contributed by atoms with Crippen LogP contribution < -0.4 is 4.90 Å². The van der Waals surface area contributed by atoms with Crippen LogP contribution in [0.25, 0.3) is 5.69 Å². The summed E-state index contributed by atoms with van der Waals surface area (Å²) < 4.78 is 2.06. The van der Waals surface area contributed by atoms with Crippen molar-refractivity contribution in [3.8, 4) is 11.8 Å². The van der Waals surface area contributed by atoms with Crippen LogP contribution in [-0.2, 0) is 11.3 Å². The summed E-state index contributed by atoms with van der Waals surface area (Å²) >= 11 is 1.39. The van der Waals surface area contributed by atoms with Crippen molar-refractivity contribution >= 4 is 23.4 Å². The molecule has 2 aromatic carbocycles. The van der Waals surface area contributed by atoms with E-state index in [4.69, 9.17) is 5.26 Å². The molecule has 1 aliphatic rings. The monoisotopic (exact) mass is 474 g/mol. The number of benzene rings is 2. The molecule has 8 heteroatoms. The molecule has 1 fully saturated rings. The lowest BCUT2D eigenvalue weighted by atomic mass is 10.1. The van der Waals surface area contributed by atoms with Gasteiger partial charge in [-0.3, -0.25) is 14.3 Å². The normalized spacial score (nSPS) is 13.7. The minimum atomic E-state index is -0.0489. The molecule has 0 bridgehead atoms. The number of aromatic nitrogens is 3. The summed E-state index contributed by atoms with van der Waals surface area (Å²) in [5.74, 6) is 1.05. The van der Waals surface area contributed by atoms with Gasteiger partial charge in [0.05, 0.1) is 24.8 Å². The number of thioether (sulfide) groups is 1. The number of para-hydroxylation sites is 1. The van der Waals surface area contributed by atoms with Gasteiger partial charge in [-0.1, -0.05) is 36.0 Å². The van der Waals surface area contributed by atoms with Crippen LogP contribution in [0.15, 0.2) is 53.7 Å². The lowest BCUT2D eigenvalue weighted by molar-refractivity contribution is -0.116. The van der Waals surface area contributed by atoms with Gasteiger partial charge in [-0.15, -0.1) is 10.2 Å². The number of carbonyl (C=O) groups excluding carboxylic acids is 1. The predicted octanol–water partition coefficient (Wildman–Crippen LogP) is 4.52. The summed E-state index contributed by atoms with van der Waals surface area (Å²) in [5.41, 5.74) is 4.11. The highest BCUT2D eigenvalue weighted by Crippen LogP contribution is 2.26. The fraction of sp³-hybridized carbons (Fsp3) is 0.385. The van der Waals surface area contributed by atoms with E-state index < -0.39 is 0 Å². The molecule has 3 aromatic rings. The number of amides is 1. The lowest BCUT2D eigenvalue weighted by Gasteiger charge is -2.22. The Morgan fingerprint density at radius 2 is 1.85 bits per heavy atom. The fourth-order valence-electron chi connectivity index (χ4n) is 4.13. The first-order valence-corrected chi connectivity index (χ1v) is 12.6. The number of hydrogen-bond donors (Lipinski definition) is 0. The standard InChI is InChI=1S/C26H30N6OS/c1-20-11-12-23(17-21(20)2)31(16-8-13-27)25(33)19-34-26-29-28-24(18-30-14-6-7-15-30)32(26)22-9-4-3-5-10-22/h3-5,9-12,17H,6-8,14-16,18-19H2,1-2H3. The highest BCUT2D eigenvalue weighted by atomic mass is 32.2. The zero-order chi connectivity index (χ0) is 23.9. The molecule has 1 amide bonds. The molecular weight excluding hydrogens is 444 g/mol. The van der Waals surface area contributed by atoms with Crippen molar-refractivity contribution < 1.29 is 4.79 Å². The zero-order valence-corrected chi connectivity index (χ0v) is 20.6. The molecule has 0 N–H and O–H groups in total.